The van der Waals surface area contributed by atoms with Crippen molar-refractivity contribution in [3.8, 4) is 5.88 Å². The van der Waals surface area contributed by atoms with Crippen LogP contribution in [0.4, 0.5) is 0 Å². The van der Waals surface area contributed by atoms with Gasteiger partial charge < -0.3 is 4.74 Å². The Labute approximate surface area is 96.2 Å². The van der Waals surface area contributed by atoms with Gasteiger partial charge in [0, 0.05) is 10.6 Å². The summed E-state index contributed by atoms with van der Waals surface area (Å²) in [6, 6.07) is 6.22. The lowest BCUT2D eigenvalue weighted by atomic mass is 10.2. The number of fused-ring (bicyclic) bond motifs is 1. The Balaban J connectivity index is 2.66. The second-order valence-corrected chi connectivity index (χ2v) is 4.27. The van der Waals surface area contributed by atoms with Crippen molar-refractivity contribution in [2.45, 2.75) is 6.92 Å². The Morgan fingerprint density at radius 3 is 3.00 bits per heavy atom. The molecule has 0 saturated carbocycles. The molecule has 0 unspecified atom stereocenters. The molecular formula is C10H11IN2O. The van der Waals surface area contributed by atoms with Crippen LogP contribution in [-0.2, 0) is 7.05 Å². The van der Waals surface area contributed by atoms with E-state index < -0.39 is 0 Å². The van der Waals surface area contributed by atoms with Crippen LogP contribution in [0.1, 0.15) is 6.92 Å². The van der Waals surface area contributed by atoms with Crippen molar-refractivity contribution < 1.29 is 4.74 Å². The van der Waals surface area contributed by atoms with Crippen LogP contribution in [0.3, 0.4) is 0 Å². The molecule has 2 rings (SSSR count). The molecule has 1 heterocycles. The zero-order chi connectivity index (χ0) is 10.1. The van der Waals surface area contributed by atoms with Gasteiger partial charge in [0.25, 0.3) is 0 Å². The lowest BCUT2D eigenvalue weighted by molar-refractivity contribution is 0.326. The SMILES string of the molecule is CCOc1nn(C)c2ccc(I)cc12. The molecule has 0 amide bonds. The Morgan fingerprint density at radius 1 is 1.50 bits per heavy atom. The molecule has 0 bridgehead atoms. The number of halogens is 1. The number of aromatic nitrogens is 2. The van der Waals surface area contributed by atoms with Gasteiger partial charge >= 0.3 is 0 Å². The largest absolute Gasteiger partial charge is 0.476 e. The average Bonchev–Trinajstić information content (AvgIpc) is 2.44. The molecule has 14 heavy (non-hydrogen) atoms. The summed E-state index contributed by atoms with van der Waals surface area (Å²) in [4.78, 5) is 0. The van der Waals surface area contributed by atoms with Gasteiger partial charge in [0.05, 0.1) is 17.5 Å². The second-order valence-electron chi connectivity index (χ2n) is 3.02. The molecule has 0 saturated heterocycles. The number of benzene rings is 1. The minimum atomic E-state index is 0.650. The van der Waals surface area contributed by atoms with E-state index in [1.807, 2.05) is 18.7 Å². The number of aryl methyl sites for hydroxylation is 1. The zero-order valence-corrected chi connectivity index (χ0v) is 10.3. The molecule has 1 aromatic heterocycles. The second kappa shape index (κ2) is 3.76. The van der Waals surface area contributed by atoms with Crippen LogP contribution in [-0.4, -0.2) is 16.4 Å². The van der Waals surface area contributed by atoms with Gasteiger partial charge in [-0.15, -0.1) is 5.10 Å². The van der Waals surface area contributed by atoms with E-state index in [0.717, 1.165) is 16.8 Å². The van der Waals surface area contributed by atoms with Gasteiger partial charge in [-0.2, -0.15) is 0 Å². The van der Waals surface area contributed by atoms with Crippen LogP contribution in [0.15, 0.2) is 18.2 Å². The van der Waals surface area contributed by atoms with Crippen LogP contribution in [0.25, 0.3) is 10.9 Å². The molecule has 0 spiro atoms. The first-order valence-electron chi connectivity index (χ1n) is 4.47. The van der Waals surface area contributed by atoms with E-state index in [-0.39, 0.29) is 0 Å². The maximum Gasteiger partial charge on any atom is 0.240 e. The molecule has 4 heteroatoms. The van der Waals surface area contributed by atoms with Crippen molar-refractivity contribution in [3.63, 3.8) is 0 Å². The van der Waals surface area contributed by atoms with E-state index in [1.54, 1.807) is 0 Å². The molecule has 0 atom stereocenters. The molecule has 3 nitrogen and oxygen atoms in total. The molecule has 0 radical (unpaired) electrons. The lowest BCUT2D eigenvalue weighted by Crippen LogP contribution is -1.94. The predicted molar refractivity (Wildman–Crippen MR) is 64.6 cm³/mol. The van der Waals surface area contributed by atoms with Gasteiger partial charge in [-0.25, -0.2) is 0 Å². The molecule has 74 valence electrons. The Hall–Kier alpha value is -0.780. The van der Waals surface area contributed by atoms with E-state index in [4.69, 9.17) is 4.74 Å². The summed E-state index contributed by atoms with van der Waals surface area (Å²) in [7, 11) is 1.93. The highest BCUT2D eigenvalue weighted by Crippen LogP contribution is 2.25. The summed E-state index contributed by atoms with van der Waals surface area (Å²) >= 11 is 2.29. The summed E-state index contributed by atoms with van der Waals surface area (Å²) in [5.41, 5.74) is 1.11. The summed E-state index contributed by atoms with van der Waals surface area (Å²) in [6.07, 6.45) is 0. The highest BCUT2D eigenvalue weighted by Gasteiger charge is 2.08. The van der Waals surface area contributed by atoms with Crippen LogP contribution < -0.4 is 4.74 Å². The van der Waals surface area contributed by atoms with Gasteiger partial charge in [-0.05, 0) is 47.7 Å². The summed E-state index contributed by atoms with van der Waals surface area (Å²) in [6.45, 7) is 2.62. The molecule has 0 aliphatic rings. The fourth-order valence-corrected chi connectivity index (χ4v) is 1.94. The number of nitrogens with zero attached hydrogens (tertiary/aromatic N) is 2. The van der Waals surface area contributed by atoms with Gasteiger partial charge in [0.15, 0.2) is 0 Å². The number of ether oxygens (including phenoxy) is 1. The van der Waals surface area contributed by atoms with Gasteiger partial charge in [-0.3, -0.25) is 4.68 Å². The molecule has 0 aliphatic heterocycles. The summed E-state index contributed by atoms with van der Waals surface area (Å²) < 4.78 is 8.50. The first kappa shape index (κ1) is 9.76. The molecule has 0 fully saturated rings. The Kier molecular flexibility index (Phi) is 2.62. The highest BCUT2D eigenvalue weighted by molar-refractivity contribution is 14.1. The Morgan fingerprint density at radius 2 is 2.29 bits per heavy atom. The van der Waals surface area contributed by atoms with Crippen molar-refractivity contribution >= 4 is 33.5 Å². The van der Waals surface area contributed by atoms with E-state index in [2.05, 4.69) is 45.9 Å². The standard InChI is InChI=1S/C10H11IN2O/c1-3-14-10-8-6-7(11)4-5-9(8)13(2)12-10/h4-6H,3H2,1-2H3. The highest BCUT2D eigenvalue weighted by atomic mass is 127. The smallest absolute Gasteiger partial charge is 0.240 e. The van der Waals surface area contributed by atoms with Crippen molar-refractivity contribution in [2.24, 2.45) is 7.05 Å². The monoisotopic (exact) mass is 302 g/mol. The van der Waals surface area contributed by atoms with E-state index in [9.17, 15) is 0 Å². The Bertz CT molecular complexity index is 464. The topological polar surface area (TPSA) is 27.1 Å². The number of hydrogen-bond acceptors (Lipinski definition) is 2. The fraction of sp³-hybridized carbons (Fsp3) is 0.300. The van der Waals surface area contributed by atoms with Crippen molar-refractivity contribution in [1.29, 1.82) is 0 Å². The molecule has 0 aliphatic carbocycles. The maximum absolute atomic E-state index is 5.46. The van der Waals surface area contributed by atoms with Crippen LogP contribution in [0.2, 0.25) is 0 Å². The van der Waals surface area contributed by atoms with Gasteiger partial charge in [-0.1, -0.05) is 0 Å². The third kappa shape index (κ3) is 1.58. The third-order valence-electron chi connectivity index (χ3n) is 2.06. The summed E-state index contributed by atoms with van der Waals surface area (Å²) in [5, 5.41) is 5.40. The molecule has 0 N–H and O–H groups in total. The first-order chi connectivity index (χ1) is 6.72. The van der Waals surface area contributed by atoms with Crippen molar-refractivity contribution in [2.75, 3.05) is 6.61 Å². The van der Waals surface area contributed by atoms with Crippen LogP contribution >= 0.6 is 22.6 Å². The average molecular weight is 302 g/mol. The number of rotatable bonds is 2. The van der Waals surface area contributed by atoms with Crippen molar-refractivity contribution in [1.82, 2.24) is 9.78 Å². The molecular weight excluding hydrogens is 291 g/mol. The van der Waals surface area contributed by atoms with Crippen LogP contribution in [0.5, 0.6) is 5.88 Å². The lowest BCUT2D eigenvalue weighted by Gasteiger charge is -1.97. The minimum Gasteiger partial charge on any atom is -0.476 e. The zero-order valence-electron chi connectivity index (χ0n) is 8.12. The van der Waals surface area contributed by atoms with Crippen LogP contribution in [0, 0.1) is 3.57 Å². The predicted octanol–water partition coefficient (Wildman–Crippen LogP) is 2.58. The molecule has 2 aromatic rings. The number of hydrogen-bond donors (Lipinski definition) is 0. The van der Waals surface area contributed by atoms with E-state index in [0.29, 0.717) is 6.61 Å². The third-order valence-corrected chi connectivity index (χ3v) is 2.73. The van der Waals surface area contributed by atoms with E-state index in [1.165, 1.54) is 3.57 Å². The minimum absolute atomic E-state index is 0.650. The molecule has 1 aromatic carbocycles. The van der Waals surface area contributed by atoms with Gasteiger partial charge in [0.1, 0.15) is 0 Å². The van der Waals surface area contributed by atoms with E-state index >= 15 is 0 Å². The first-order valence-corrected chi connectivity index (χ1v) is 5.55. The summed E-state index contributed by atoms with van der Waals surface area (Å²) in [5.74, 6) is 0.725. The normalized spacial score (nSPS) is 10.8. The maximum atomic E-state index is 5.46. The van der Waals surface area contributed by atoms with Crippen molar-refractivity contribution in [3.05, 3.63) is 21.8 Å². The quantitative estimate of drug-likeness (QED) is 0.797. The van der Waals surface area contributed by atoms with Gasteiger partial charge in [0.2, 0.25) is 5.88 Å². The fourth-order valence-electron chi connectivity index (χ4n) is 1.45.